The van der Waals surface area contributed by atoms with Crippen molar-refractivity contribution in [2.75, 3.05) is 6.61 Å². The van der Waals surface area contributed by atoms with Gasteiger partial charge in [0.25, 0.3) is 0 Å². The van der Waals surface area contributed by atoms with Gasteiger partial charge in [-0.05, 0) is 12.8 Å². The Bertz CT molecular complexity index is 292. The Balaban J connectivity index is 3.93. The molecule has 0 aromatic rings. The van der Waals surface area contributed by atoms with Gasteiger partial charge in [-0.15, -0.1) is 6.58 Å². The molecule has 0 aromatic carbocycles. The molecule has 0 radical (unpaired) electrons. The number of carbonyl (C=O) groups excluding carboxylic acids is 2. The van der Waals surface area contributed by atoms with Crippen LogP contribution in [-0.4, -0.2) is 24.6 Å². The van der Waals surface area contributed by atoms with Gasteiger partial charge in [-0.2, -0.15) is 0 Å². The monoisotopic (exact) mass is 240 g/mol. The zero-order chi connectivity index (χ0) is 13.3. The molecule has 1 unspecified atom stereocenters. The third-order valence-corrected chi connectivity index (χ3v) is 1.73. The molecule has 4 nitrogen and oxygen atoms in total. The largest absolute Gasteiger partial charge is 0.462 e. The first-order chi connectivity index (χ1) is 7.95. The second-order valence-electron chi connectivity index (χ2n) is 4.13. The topological polar surface area (TPSA) is 52.6 Å². The van der Waals surface area contributed by atoms with Gasteiger partial charge in [-0.3, -0.25) is 0 Å². The minimum absolute atomic E-state index is 0.240. The summed E-state index contributed by atoms with van der Waals surface area (Å²) in [5, 5.41) is 0. The minimum atomic E-state index is -0.555. The van der Waals surface area contributed by atoms with Crippen molar-refractivity contribution in [3.05, 3.63) is 24.8 Å². The Morgan fingerprint density at radius 1 is 1.18 bits per heavy atom. The molecule has 0 N–H and O–H groups in total. The summed E-state index contributed by atoms with van der Waals surface area (Å²) in [6, 6.07) is 0. The molecular formula is C13H20O4. The molecule has 4 heteroatoms. The van der Waals surface area contributed by atoms with Crippen molar-refractivity contribution >= 4 is 11.9 Å². The van der Waals surface area contributed by atoms with Crippen molar-refractivity contribution in [3.63, 3.8) is 0 Å². The number of hydrogen-bond acceptors (Lipinski definition) is 4. The van der Waals surface area contributed by atoms with E-state index in [4.69, 9.17) is 9.47 Å². The first kappa shape index (κ1) is 15.4. The van der Waals surface area contributed by atoms with Crippen LogP contribution in [-0.2, 0) is 19.1 Å². The van der Waals surface area contributed by atoms with Gasteiger partial charge in [-0.25, -0.2) is 9.59 Å². The van der Waals surface area contributed by atoms with Gasteiger partial charge in [0, 0.05) is 18.6 Å². The van der Waals surface area contributed by atoms with Crippen LogP contribution in [0.2, 0.25) is 0 Å². The van der Waals surface area contributed by atoms with E-state index in [9.17, 15) is 9.59 Å². The second-order valence-corrected chi connectivity index (χ2v) is 4.13. The summed E-state index contributed by atoms with van der Waals surface area (Å²) < 4.78 is 9.82. The first-order valence-corrected chi connectivity index (χ1v) is 5.62. The molecule has 0 aromatic heterocycles. The lowest BCUT2D eigenvalue weighted by atomic mass is 10.2. The van der Waals surface area contributed by atoms with Gasteiger partial charge >= 0.3 is 11.9 Å². The number of rotatable bonds is 7. The molecule has 0 amide bonds. The Labute approximate surface area is 102 Å². The van der Waals surface area contributed by atoms with E-state index < -0.39 is 11.9 Å². The molecule has 0 heterocycles. The van der Waals surface area contributed by atoms with Crippen molar-refractivity contribution in [2.24, 2.45) is 5.92 Å². The molecule has 17 heavy (non-hydrogen) atoms. The average molecular weight is 240 g/mol. The fraction of sp³-hybridized carbons (Fsp3) is 0.538. The number of carbonyl (C=O) groups is 2. The molecule has 0 spiro atoms. The maximum Gasteiger partial charge on any atom is 0.331 e. The maximum atomic E-state index is 11.2. The van der Waals surface area contributed by atoms with Crippen LogP contribution in [0.4, 0.5) is 0 Å². The maximum absolute atomic E-state index is 11.2. The third-order valence-electron chi connectivity index (χ3n) is 1.73. The minimum Gasteiger partial charge on any atom is -0.462 e. The lowest BCUT2D eigenvalue weighted by molar-refractivity contribution is -0.143. The quantitative estimate of drug-likeness (QED) is 0.389. The Morgan fingerprint density at radius 3 is 2.29 bits per heavy atom. The molecule has 0 aliphatic rings. The Kier molecular flexibility index (Phi) is 7.76. The molecule has 1 atom stereocenters. The number of esters is 2. The van der Waals surface area contributed by atoms with Crippen molar-refractivity contribution in [3.8, 4) is 0 Å². The molecule has 0 saturated carbocycles. The van der Waals surface area contributed by atoms with Gasteiger partial charge in [0.1, 0.15) is 6.10 Å². The van der Waals surface area contributed by atoms with Gasteiger partial charge in [0.2, 0.25) is 0 Å². The fourth-order valence-electron chi connectivity index (χ4n) is 0.953. The molecule has 0 bridgehead atoms. The van der Waals surface area contributed by atoms with Crippen LogP contribution in [0, 0.1) is 5.92 Å². The summed E-state index contributed by atoms with van der Waals surface area (Å²) in [7, 11) is 0. The van der Waals surface area contributed by atoms with E-state index >= 15 is 0 Å². The highest BCUT2D eigenvalue weighted by Gasteiger charge is 2.06. The molecule has 96 valence electrons. The van der Waals surface area contributed by atoms with Crippen LogP contribution in [0.3, 0.4) is 0 Å². The summed E-state index contributed by atoms with van der Waals surface area (Å²) in [6.07, 6.45) is 4.15. The lowest BCUT2D eigenvalue weighted by Gasteiger charge is -2.08. The van der Waals surface area contributed by atoms with Crippen LogP contribution in [0.1, 0.15) is 27.2 Å². The van der Waals surface area contributed by atoms with Crippen LogP contribution in [0.25, 0.3) is 0 Å². The highest BCUT2D eigenvalue weighted by Crippen LogP contribution is 1.99. The molecule has 0 aliphatic carbocycles. The predicted octanol–water partition coefficient (Wildman–Crippen LogP) is 2.25. The number of hydrogen-bond donors (Lipinski definition) is 0. The highest BCUT2D eigenvalue weighted by molar-refractivity contribution is 5.91. The van der Waals surface area contributed by atoms with Crippen molar-refractivity contribution in [1.29, 1.82) is 0 Å². The summed E-state index contributed by atoms with van der Waals surface area (Å²) in [4.78, 5) is 22.4. The van der Waals surface area contributed by atoms with Crippen molar-refractivity contribution < 1.29 is 19.1 Å². The van der Waals surface area contributed by atoms with Crippen molar-refractivity contribution in [2.45, 2.75) is 33.3 Å². The second kappa shape index (κ2) is 8.56. The Hall–Kier alpha value is -1.58. The molecule has 0 aliphatic heterocycles. The first-order valence-electron chi connectivity index (χ1n) is 5.62. The van der Waals surface area contributed by atoms with Gasteiger partial charge in [0.15, 0.2) is 0 Å². The highest BCUT2D eigenvalue weighted by atomic mass is 16.5. The van der Waals surface area contributed by atoms with E-state index in [1.807, 2.05) is 13.8 Å². The van der Waals surface area contributed by atoms with Crippen LogP contribution in [0.5, 0.6) is 0 Å². The van der Waals surface area contributed by atoms with E-state index in [0.717, 1.165) is 12.2 Å². The van der Waals surface area contributed by atoms with Gasteiger partial charge in [0.05, 0.1) is 6.61 Å². The van der Waals surface area contributed by atoms with Gasteiger partial charge < -0.3 is 9.47 Å². The molecular weight excluding hydrogens is 220 g/mol. The van der Waals surface area contributed by atoms with E-state index in [0.29, 0.717) is 13.0 Å². The Morgan fingerprint density at radius 2 is 1.76 bits per heavy atom. The van der Waals surface area contributed by atoms with Gasteiger partial charge in [-0.1, -0.05) is 19.9 Å². The molecule has 0 fully saturated rings. The molecule has 0 rings (SSSR count). The normalized spacial score (nSPS) is 12.5. The standard InChI is InChI=1S/C13H20O4/c1-5-6-11(4)17-13(15)8-7-12(14)16-9-10(2)3/h5,7-8,10-11H,1,6,9H2,2-4H3/b8-7+. The summed E-state index contributed by atoms with van der Waals surface area (Å²) in [6.45, 7) is 9.50. The van der Waals surface area contributed by atoms with Crippen LogP contribution in [0.15, 0.2) is 24.8 Å². The van der Waals surface area contributed by atoms with Crippen LogP contribution < -0.4 is 0 Å². The predicted molar refractivity (Wildman–Crippen MR) is 65.3 cm³/mol. The van der Waals surface area contributed by atoms with Crippen LogP contribution >= 0.6 is 0 Å². The SMILES string of the molecule is C=CCC(C)OC(=O)/C=C/C(=O)OCC(C)C. The fourth-order valence-corrected chi connectivity index (χ4v) is 0.953. The van der Waals surface area contributed by atoms with Crippen molar-refractivity contribution in [1.82, 2.24) is 0 Å². The third kappa shape index (κ3) is 9.35. The average Bonchev–Trinajstić information content (AvgIpc) is 2.23. The van der Waals surface area contributed by atoms with E-state index in [2.05, 4.69) is 6.58 Å². The molecule has 0 saturated heterocycles. The zero-order valence-corrected chi connectivity index (χ0v) is 10.6. The lowest BCUT2D eigenvalue weighted by Crippen LogP contribution is -2.13. The zero-order valence-electron chi connectivity index (χ0n) is 10.6. The summed E-state index contributed by atoms with van der Waals surface area (Å²) in [5.74, 6) is -0.820. The summed E-state index contributed by atoms with van der Waals surface area (Å²) >= 11 is 0. The smallest absolute Gasteiger partial charge is 0.331 e. The number of ether oxygens (including phenoxy) is 2. The van der Waals surface area contributed by atoms with E-state index in [1.54, 1.807) is 13.0 Å². The summed E-state index contributed by atoms with van der Waals surface area (Å²) in [5.41, 5.74) is 0. The van der Waals surface area contributed by atoms with E-state index in [1.165, 1.54) is 0 Å². The van der Waals surface area contributed by atoms with E-state index in [-0.39, 0.29) is 12.0 Å².